The molecule has 1 aromatic carbocycles. The minimum absolute atomic E-state index is 0.689. The van der Waals surface area contributed by atoms with Crippen LogP contribution in [0.5, 0.6) is 11.5 Å². The number of rotatable bonds is 15. The van der Waals surface area contributed by atoms with E-state index in [4.69, 9.17) is 14.6 Å². The third-order valence-electron chi connectivity index (χ3n) is 4.82. The molecular formula is C27H38O4. The lowest BCUT2D eigenvalue weighted by Gasteiger charge is -2.11. The van der Waals surface area contributed by atoms with Crippen molar-refractivity contribution in [2.45, 2.75) is 65.7 Å². The maximum Gasteiger partial charge on any atom is 0.328 e. The number of aliphatic carboxylic acids is 1. The summed E-state index contributed by atoms with van der Waals surface area (Å²) in [4.78, 5) is 10.7. The molecule has 0 saturated heterocycles. The Morgan fingerprint density at radius 1 is 1.00 bits per heavy atom. The van der Waals surface area contributed by atoms with Gasteiger partial charge in [0.1, 0.15) is 11.5 Å². The molecule has 0 bridgehead atoms. The van der Waals surface area contributed by atoms with Gasteiger partial charge in [-0.15, -0.1) is 0 Å². The van der Waals surface area contributed by atoms with Crippen LogP contribution >= 0.6 is 0 Å². The van der Waals surface area contributed by atoms with Gasteiger partial charge in [0.2, 0.25) is 0 Å². The third kappa shape index (κ3) is 12.5. The van der Waals surface area contributed by atoms with E-state index in [2.05, 4.69) is 6.92 Å². The highest BCUT2D eigenvalue weighted by molar-refractivity contribution is 5.81. The van der Waals surface area contributed by atoms with Gasteiger partial charge >= 0.3 is 5.97 Å². The molecule has 0 spiro atoms. The molecule has 1 rings (SSSR count). The molecule has 4 nitrogen and oxygen atoms in total. The van der Waals surface area contributed by atoms with Gasteiger partial charge in [-0.25, -0.2) is 4.79 Å². The standard InChI is InChI=1S/C27H38O4/c1-5-6-7-8-9-10-11-19-31-26-18-17-25(30-4)21-24(26)16-15-22(2)13-12-14-23(3)20-27(28)29/h12-18,20-21H,5-11,19H2,1-4H3,(H,28,29). The zero-order valence-corrected chi connectivity index (χ0v) is 19.5. The molecule has 0 aromatic heterocycles. The van der Waals surface area contributed by atoms with Crippen LogP contribution in [0, 0.1) is 0 Å². The van der Waals surface area contributed by atoms with E-state index >= 15 is 0 Å². The molecule has 0 unspecified atom stereocenters. The number of allylic oxidation sites excluding steroid dienone is 6. The Bertz CT molecular complexity index is 784. The number of unbranched alkanes of at least 4 members (excludes halogenated alkanes) is 6. The van der Waals surface area contributed by atoms with Crippen molar-refractivity contribution in [1.29, 1.82) is 0 Å². The molecular weight excluding hydrogens is 388 g/mol. The van der Waals surface area contributed by atoms with Gasteiger partial charge in [0.15, 0.2) is 0 Å². The molecule has 0 radical (unpaired) electrons. The van der Waals surface area contributed by atoms with Crippen molar-refractivity contribution in [3.05, 3.63) is 65.3 Å². The molecule has 1 aromatic rings. The molecule has 0 aliphatic carbocycles. The number of ether oxygens (including phenoxy) is 2. The molecule has 1 N–H and O–H groups in total. The van der Waals surface area contributed by atoms with E-state index in [9.17, 15) is 4.79 Å². The van der Waals surface area contributed by atoms with E-state index in [0.29, 0.717) is 12.2 Å². The number of carbonyl (C=O) groups is 1. The maximum absolute atomic E-state index is 10.7. The fourth-order valence-electron chi connectivity index (χ4n) is 3.03. The molecule has 0 saturated carbocycles. The lowest BCUT2D eigenvalue weighted by atomic mass is 10.1. The summed E-state index contributed by atoms with van der Waals surface area (Å²) in [5.74, 6) is 0.704. The van der Waals surface area contributed by atoms with E-state index in [1.54, 1.807) is 20.1 Å². The van der Waals surface area contributed by atoms with Crippen molar-refractivity contribution in [2.24, 2.45) is 0 Å². The van der Waals surface area contributed by atoms with Crippen LogP contribution in [0.4, 0.5) is 0 Å². The van der Waals surface area contributed by atoms with Crippen molar-refractivity contribution < 1.29 is 19.4 Å². The fraction of sp³-hybridized carbons (Fsp3) is 0.444. The highest BCUT2D eigenvalue weighted by Crippen LogP contribution is 2.26. The smallest absolute Gasteiger partial charge is 0.328 e. The molecule has 170 valence electrons. The lowest BCUT2D eigenvalue weighted by Crippen LogP contribution is -1.99. The Labute approximate surface area is 188 Å². The van der Waals surface area contributed by atoms with Gasteiger partial charge in [-0.05, 0) is 44.0 Å². The molecule has 0 heterocycles. The summed E-state index contributed by atoms with van der Waals surface area (Å²) in [5.41, 5.74) is 2.70. The van der Waals surface area contributed by atoms with Gasteiger partial charge in [0.05, 0.1) is 13.7 Å². The number of carboxylic acid groups (broad SMARTS) is 1. The minimum Gasteiger partial charge on any atom is -0.497 e. The Kier molecular flexibility index (Phi) is 13.6. The molecule has 0 amide bonds. The zero-order chi connectivity index (χ0) is 22.9. The highest BCUT2D eigenvalue weighted by atomic mass is 16.5. The summed E-state index contributed by atoms with van der Waals surface area (Å²) < 4.78 is 11.4. The topological polar surface area (TPSA) is 55.8 Å². The molecule has 31 heavy (non-hydrogen) atoms. The Morgan fingerprint density at radius 3 is 2.39 bits per heavy atom. The van der Waals surface area contributed by atoms with E-state index < -0.39 is 5.97 Å². The van der Waals surface area contributed by atoms with Crippen LogP contribution in [-0.4, -0.2) is 24.8 Å². The Balaban J connectivity index is 2.67. The van der Waals surface area contributed by atoms with Crippen molar-refractivity contribution in [3.8, 4) is 11.5 Å². The zero-order valence-electron chi connectivity index (χ0n) is 19.5. The van der Waals surface area contributed by atoms with Crippen molar-refractivity contribution in [1.82, 2.24) is 0 Å². The SMILES string of the molecule is CCCCCCCCCOc1ccc(OC)cc1C=CC(C)=CC=CC(C)=CC(=O)O. The molecule has 0 aliphatic rings. The second-order valence-electron chi connectivity index (χ2n) is 7.70. The van der Waals surface area contributed by atoms with Gasteiger partial charge in [-0.2, -0.15) is 0 Å². The largest absolute Gasteiger partial charge is 0.497 e. The number of methoxy groups -OCH3 is 1. The first-order valence-corrected chi connectivity index (χ1v) is 11.2. The first-order chi connectivity index (χ1) is 15.0. The van der Waals surface area contributed by atoms with E-state index in [0.717, 1.165) is 29.1 Å². The van der Waals surface area contributed by atoms with Crippen molar-refractivity contribution in [3.63, 3.8) is 0 Å². The van der Waals surface area contributed by atoms with Gasteiger partial charge in [-0.3, -0.25) is 0 Å². The minimum atomic E-state index is -0.940. The molecule has 0 atom stereocenters. The summed E-state index contributed by atoms with van der Waals surface area (Å²) in [6, 6.07) is 5.85. The molecule has 0 aliphatic heterocycles. The quantitative estimate of drug-likeness (QED) is 0.181. The van der Waals surface area contributed by atoms with E-state index in [1.165, 1.54) is 44.6 Å². The van der Waals surface area contributed by atoms with Crippen LogP contribution in [0.15, 0.2) is 59.7 Å². The fourth-order valence-corrected chi connectivity index (χ4v) is 3.03. The Morgan fingerprint density at radius 2 is 1.71 bits per heavy atom. The number of hydrogen-bond acceptors (Lipinski definition) is 3. The number of benzene rings is 1. The normalized spacial score (nSPS) is 12.6. The Hall–Kier alpha value is -2.75. The second-order valence-corrected chi connectivity index (χ2v) is 7.70. The second kappa shape index (κ2) is 16.0. The van der Waals surface area contributed by atoms with Crippen LogP contribution in [0.3, 0.4) is 0 Å². The summed E-state index contributed by atoms with van der Waals surface area (Å²) in [6.07, 6.45) is 19.6. The van der Waals surface area contributed by atoms with Crippen LogP contribution in [0.1, 0.15) is 71.3 Å². The monoisotopic (exact) mass is 426 g/mol. The summed E-state index contributed by atoms with van der Waals surface area (Å²) in [6.45, 7) is 6.71. The van der Waals surface area contributed by atoms with E-state index in [-0.39, 0.29) is 0 Å². The summed E-state index contributed by atoms with van der Waals surface area (Å²) in [5, 5.41) is 8.75. The van der Waals surface area contributed by atoms with Crippen molar-refractivity contribution in [2.75, 3.05) is 13.7 Å². The predicted molar refractivity (Wildman–Crippen MR) is 130 cm³/mol. The van der Waals surface area contributed by atoms with Crippen LogP contribution < -0.4 is 9.47 Å². The van der Waals surface area contributed by atoms with Gasteiger partial charge in [-0.1, -0.05) is 81.4 Å². The highest BCUT2D eigenvalue weighted by Gasteiger charge is 2.04. The maximum atomic E-state index is 10.7. The number of carboxylic acids is 1. The third-order valence-corrected chi connectivity index (χ3v) is 4.82. The van der Waals surface area contributed by atoms with E-state index in [1.807, 2.05) is 49.4 Å². The first-order valence-electron chi connectivity index (χ1n) is 11.2. The van der Waals surface area contributed by atoms with Gasteiger partial charge in [0.25, 0.3) is 0 Å². The van der Waals surface area contributed by atoms with Gasteiger partial charge < -0.3 is 14.6 Å². The average molecular weight is 427 g/mol. The molecule has 0 fully saturated rings. The van der Waals surface area contributed by atoms with Crippen molar-refractivity contribution >= 4 is 12.0 Å². The average Bonchev–Trinajstić information content (AvgIpc) is 2.74. The van der Waals surface area contributed by atoms with Crippen LogP contribution in [0.25, 0.3) is 6.08 Å². The lowest BCUT2D eigenvalue weighted by molar-refractivity contribution is -0.131. The summed E-state index contributed by atoms with van der Waals surface area (Å²) in [7, 11) is 1.66. The van der Waals surface area contributed by atoms with Crippen LogP contribution in [0.2, 0.25) is 0 Å². The van der Waals surface area contributed by atoms with Gasteiger partial charge in [0, 0.05) is 11.6 Å². The van der Waals surface area contributed by atoms with Crippen LogP contribution in [-0.2, 0) is 4.79 Å². The number of hydrogen-bond donors (Lipinski definition) is 1. The first kappa shape index (κ1) is 26.3. The molecule has 4 heteroatoms. The predicted octanol–water partition coefficient (Wildman–Crippen LogP) is 7.37. The summed E-state index contributed by atoms with van der Waals surface area (Å²) >= 11 is 0.